The number of ketones is 1. The fraction of sp³-hybridized carbons (Fsp3) is 0.250. The summed E-state index contributed by atoms with van der Waals surface area (Å²) in [5.41, 5.74) is 7.83. The van der Waals surface area contributed by atoms with Crippen LogP contribution in [0.2, 0.25) is 0 Å². The first-order valence-corrected chi connectivity index (χ1v) is 9.19. The molecule has 3 aromatic rings. The van der Waals surface area contributed by atoms with Crippen LogP contribution >= 0.6 is 0 Å². The van der Waals surface area contributed by atoms with Gasteiger partial charge in [0.2, 0.25) is 0 Å². The number of Topliss-reactive ketones (excluding diaryl/α,β-unsaturated/α-hetero) is 1. The normalized spacial score (nSPS) is 16.2. The third-order valence-corrected chi connectivity index (χ3v) is 4.96. The third kappa shape index (κ3) is 3.46. The van der Waals surface area contributed by atoms with E-state index in [9.17, 15) is 14.0 Å². The number of likely N-dealkylation sites (tertiary alicyclic amines) is 1. The van der Waals surface area contributed by atoms with Crippen LogP contribution in [-0.2, 0) is 0 Å². The highest BCUT2D eigenvalue weighted by Crippen LogP contribution is 2.26. The maximum Gasteiger partial charge on any atom is 0.274 e. The predicted octanol–water partition coefficient (Wildman–Crippen LogP) is 2.18. The van der Waals surface area contributed by atoms with Gasteiger partial charge in [0.25, 0.3) is 5.91 Å². The summed E-state index contributed by atoms with van der Waals surface area (Å²) in [5, 5.41) is 4.17. The number of nitrogen functional groups attached to an aromatic ring is 1. The van der Waals surface area contributed by atoms with Crippen LogP contribution in [0.1, 0.15) is 39.4 Å². The number of nitrogens with zero attached hydrogens (tertiary/aromatic N) is 5. The average molecular weight is 394 g/mol. The van der Waals surface area contributed by atoms with Gasteiger partial charge in [-0.15, -0.1) is 0 Å². The molecule has 29 heavy (non-hydrogen) atoms. The Morgan fingerprint density at radius 2 is 1.90 bits per heavy atom. The number of amides is 1. The Bertz CT molecular complexity index is 1060. The summed E-state index contributed by atoms with van der Waals surface area (Å²) < 4.78 is 14.5. The molecule has 1 atom stereocenters. The van der Waals surface area contributed by atoms with Crippen molar-refractivity contribution in [1.29, 1.82) is 0 Å². The minimum atomic E-state index is -0.640. The molecule has 0 saturated carbocycles. The lowest BCUT2D eigenvalue weighted by molar-refractivity contribution is 0.0667. The molecule has 1 unspecified atom stereocenters. The molecule has 1 fully saturated rings. The average Bonchev–Trinajstić information content (AvgIpc) is 3.35. The van der Waals surface area contributed by atoms with Gasteiger partial charge < -0.3 is 10.6 Å². The van der Waals surface area contributed by atoms with Crippen molar-refractivity contribution < 1.29 is 14.0 Å². The lowest BCUT2D eigenvalue weighted by Gasteiger charge is -2.23. The van der Waals surface area contributed by atoms with E-state index in [0.29, 0.717) is 30.8 Å². The van der Waals surface area contributed by atoms with Crippen LogP contribution in [0.5, 0.6) is 0 Å². The maximum atomic E-state index is 13.2. The number of aromatic nitrogens is 4. The SMILES string of the molecule is Cc1cnc(C(=O)N2CCCC2C(=O)c2cnn(-c3ccc(F)cc3)c2N)cn1. The lowest BCUT2D eigenvalue weighted by atomic mass is 10.0. The summed E-state index contributed by atoms with van der Waals surface area (Å²) in [4.78, 5) is 35.7. The van der Waals surface area contributed by atoms with Gasteiger partial charge in [0.15, 0.2) is 5.78 Å². The topological polar surface area (TPSA) is 107 Å². The van der Waals surface area contributed by atoms with Gasteiger partial charge in [-0.3, -0.25) is 14.6 Å². The quantitative estimate of drug-likeness (QED) is 0.680. The van der Waals surface area contributed by atoms with Crippen LogP contribution < -0.4 is 5.73 Å². The number of anilines is 1. The van der Waals surface area contributed by atoms with Crippen molar-refractivity contribution in [2.75, 3.05) is 12.3 Å². The molecular formula is C20H19FN6O2. The Balaban J connectivity index is 1.59. The predicted molar refractivity (Wildman–Crippen MR) is 103 cm³/mol. The first kappa shape index (κ1) is 18.7. The molecule has 8 nitrogen and oxygen atoms in total. The van der Waals surface area contributed by atoms with Crippen molar-refractivity contribution >= 4 is 17.5 Å². The molecule has 0 aliphatic carbocycles. The highest BCUT2D eigenvalue weighted by atomic mass is 19.1. The highest BCUT2D eigenvalue weighted by Gasteiger charge is 2.37. The van der Waals surface area contributed by atoms with Gasteiger partial charge in [-0.1, -0.05) is 0 Å². The number of carbonyl (C=O) groups is 2. The fourth-order valence-corrected chi connectivity index (χ4v) is 3.45. The van der Waals surface area contributed by atoms with Gasteiger partial charge in [-0.05, 0) is 44.0 Å². The van der Waals surface area contributed by atoms with Crippen molar-refractivity contribution in [3.63, 3.8) is 0 Å². The molecule has 1 amide bonds. The molecule has 2 aromatic heterocycles. The molecule has 0 bridgehead atoms. The summed E-state index contributed by atoms with van der Waals surface area (Å²) in [6.45, 7) is 2.24. The van der Waals surface area contributed by atoms with Crippen LogP contribution in [0.3, 0.4) is 0 Å². The van der Waals surface area contributed by atoms with Gasteiger partial charge in [-0.25, -0.2) is 14.1 Å². The van der Waals surface area contributed by atoms with E-state index in [2.05, 4.69) is 15.1 Å². The smallest absolute Gasteiger partial charge is 0.274 e. The van der Waals surface area contributed by atoms with E-state index in [1.54, 1.807) is 6.92 Å². The standard InChI is InChI=1S/C20H19FN6O2/c1-12-9-24-16(11-23-12)20(29)26-8-2-3-17(26)18(28)15-10-25-27(19(15)22)14-6-4-13(21)5-7-14/h4-7,9-11,17H,2-3,8,22H2,1H3. The third-order valence-electron chi connectivity index (χ3n) is 4.96. The van der Waals surface area contributed by atoms with E-state index in [1.165, 1.54) is 52.4 Å². The summed E-state index contributed by atoms with van der Waals surface area (Å²) in [6, 6.07) is 4.98. The number of carbonyl (C=O) groups excluding carboxylic acids is 2. The van der Waals surface area contributed by atoms with Crippen LogP contribution in [0, 0.1) is 12.7 Å². The maximum absolute atomic E-state index is 13.2. The molecule has 1 aliphatic rings. The van der Waals surface area contributed by atoms with Crippen LogP contribution in [0.15, 0.2) is 42.9 Å². The number of aryl methyl sites for hydroxylation is 1. The van der Waals surface area contributed by atoms with Crippen molar-refractivity contribution in [2.24, 2.45) is 0 Å². The van der Waals surface area contributed by atoms with E-state index >= 15 is 0 Å². The molecular weight excluding hydrogens is 375 g/mol. The van der Waals surface area contributed by atoms with E-state index in [4.69, 9.17) is 5.73 Å². The summed E-state index contributed by atoms with van der Waals surface area (Å²) in [7, 11) is 0. The first-order valence-electron chi connectivity index (χ1n) is 9.19. The largest absolute Gasteiger partial charge is 0.383 e. The van der Waals surface area contributed by atoms with Crippen molar-refractivity contribution in [3.05, 3.63) is 65.6 Å². The van der Waals surface area contributed by atoms with E-state index in [0.717, 1.165) is 0 Å². The fourth-order valence-electron chi connectivity index (χ4n) is 3.45. The molecule has 1 saturated heterocycles. The van der Waals surface area contributed by atoms with E-state index < -0.39 is 6.04 Å². The number of nitrogens with two attached hydrogens (primary N) is 1. The molecule has 9 heteroatoms. The molecule has 148 valence electrons. The summed E-state index contributed by atoms with van der Waals surface area (Å²) in [5.74, 6) is -0.842. The second kappa shape index (κ2) is 7.42. The van der Waals surface area contributed by atoms with E-state index in [1.807, 2.05) is 0 Å². The zero-order chi connectivity index (χ0) is 20.5. The summed E-state index contributed by atoms with van der Waals surface area (Å²) >= 11 is 0. The van der Waals surface area contributed by atoms with Crippen molar-refractivity contribution in [3.8, 4) is 5.69 Å². The molecule has 4 rings (SSSR count). The molecule has 0 spiro atoms. The Kier molecular flexibility index (Phi) is 4.79. The Labute approximate surface area is 166 Å². The summed E-state index contributed by atoms with van der Waals surface area (Å²) in [6.07, 6.45) is 5.55. The monoisotopic (exact) mass is 394 g/mol. The first-order chi connectivity index (χ1) is 14.0. The molecule has 2 N–H and O–H groups in total. The Hall–Kier alpha value is -3.62. The minimum Gasteiger partial charge on any atom is -0.383 e. The van der Waals surface area contributed by atoms with Gasteiger partial charge in [0.1, 0.15) is 17.3 Å². The van der Waals surface area contributed by atoms with Crippen LogP contribution in [-0.4, -0.2) is 48.9 Å². The van der Waals surface area contributed by atoms with E-state index in [-0.39, 0.29) is 34.6 Å². The number of hydrogen-bond acceptors (Lipinski definition) is 6. The molecule has 1 aliphatic heterocycles. The lowest BCUT2D eigenvalue weighted by Crippen LogP contribution is -2.41. The zero-order valence-electron chi connectivity index (χ0n) is 15.7. The van der Waals surface area contributed by atoms with Crippen LogP contribution in [0.4, 0.5) is 10.2 Å². The molecule has 0 radical (unpaired) electrons. The zero-order valence-corrected chi connectivity index (χ0v) is 15.7. The Morgan fingerprint density at radius 1 is 1.14 bits per heavy atom. The Morgan fingerprint density at radius 3 is 2.59 bits per heavy atom. The number of benzene rings is 1. The van der Waals surface area contributed by atoms with Gasteiger partial charge in [0.05, 0.1) is 35.4 Å². The second-order valence-electron chi connectivity index (χ2n) is 6.90. The molecule has 3 heterocycles. The van der Waals surface area contributed by atoms with Gasteiger partial charge in [-0.2, -0.15) is 5.10 Å². The number of hydrogen-bond donors (Lipinski definition) is 1. The number of rotatable bonds is 4. The highest BCUT2D eigenvalue weighted by molar-refractivity contribution is 6.06. The molecule has 1 aromatic carbocycles. The van der Waals surface area contributed by atoms with Crippen molar-refractivity contribution in [2.45, 2.75) is 25.8 Å². The van der Waals surface area contributed by atoms with Gasteiger partial charge >= 0.3 is 0 Å². The van der Waals surface area contributed by atoms with Gasteiger partial charge in [0, 0.05) is 12.7 Å². The number of halogens is 1. The minimum absolute atomic E-state index is 0.149. The van der Waals surface area contributed by atoms with Crippen molar-refractivity contribution in [1.82, 2.24) is 24.6 Å². The van der Waals surface area contributed by atoms with Crippen LogP contribution in [0.25, 0.3) is 5.69 Å². The second-order valence-corrected chi connectivity index (χ2v) is 6.90.